The maximum Gasteiger partial charge on any atom is 0.220 e. The van der Waals surface area contributed by atoms with Gasteiger partial charge in [0.15, 0.2) is 0 Å². The first-order valence-corrected chi connectivity index (χ1v) is 15.8. The monoisotopic (exact) mass is 535 g/mol. The summed E-state index contributed by atoms with van der Waals surface area (Å²) in [5, 5.41) is 39.5. The van der Waals surface area contributed by atoms with E-state index in [2.05, 4.69) is 31.4 Å². The van der Waals surface area contributed by atoms with E-state index in [1.54, 1.807) is 0 Å². The SMILES string of the molecule is C[C@@H](CCC(=O)NCCCNCCCCN)[C@@H]1CC[C@@H]2[C@H]3[C@@H](O)[C@H](O)[C@H]4C[C@@H](O)CC[C@@]4(C)[C@@H]3CC[C@]21C. The molecule has 1 amide bonds. The van der Waals surface area contributed by atoms with E-state index in [-0.39, 0.29) is 34.7 Å². The number of fused-ring (bicyclic) bond motifs is 5. The summed E-state index contributed by atoms with van der Waals surface area (Å²) in [5.74, 6) is 2.17. The molecule has 0 aromatic rings. The second-order valence-corrected chi connectivity index (χ2v) is 14.0. The van der Waals surface area contributed by atoms with Gasteiger partial charge in [-0.25, -0.2) is 0 Å². The lowest BCUT2D eigenvalue weighted by molar-refractivity contribution is -0.223. The number of carbonyl (C=O) groups excluding carboxylic acids is 1. The van der Waals surface area contributed by atoms with Gasteiger partial charge in [-0.2, -0.15) is 0 Å². The minimum atomic E-state index is -0.736. The molecule has 7 heteroatoms. The third-order valence-corrected chi connectivity index (χ3v) is 12.0. The molecule has 7 nitrogen and oxygen atoms in total. The van der Waals surface area contributed by atoms with Crippen molar-refractivity contribution in [3.63, 3.8) is 0 Å². The van der Waals surface area contributed by atoms with Gasteiger partial charge >= 0.3 is 0 Å². The van der Waals surface area contributed by atoms with Gasteiger partial charge in [0.1, 0.15) is 0 Å². The Hall–Kier alpha value is -0.730. The summed E-state index contributed by atoms with van der Waals surface area (Å²) in [6.45, 7) is 10.5. The fourth-order valence-corrected chi connectivity index (χ4v) is 9.82. The Labute approximate surface area is 231 Å². The van der Waals surface area contributed by atoms with E-state index in [4.69, 9.17) is 5.73 Å². The highest BCUT2D eigenvalue weighted by Crippen LogP contribution is 2.68. The molecule has 0 aliphatic heterocycles. The summed E-state index contributed by atoms with van der Waals surface area (Å²) in [5.41, 5.74) is 5.68. The molecule has 7 N–H and O–H groups in total. The number of amides is 1. The molecule has 38 heavy (non-hydrogen) atoms. The van der Waals surface area contributed by atoms with Gasteiger partial charge in [-0.05, 0) is 137 Å². The topological polar surface area (TPSA) is 128 Å². The number of nitrogens with two attached hydrogens (primary N) is 1. The lowest BCUT2D eigenvalue weighted by Crippen LogP contribution is -2.64. The van der Waals surface area contributed by atoms with Gasteiger partial charge in [0.2, 0.25) is 5.91 Å². The lowest BCUT2D eigenvalue weighted by Gasteiger charge is -2.63. The summed E-state index contributed by atoms with van der Waals surface area (Å²) in [6, 6.07) is 0. The number of unbranched alkanes of at least 4 members (excludes halogenated alkanes) is 1. The number of aliphatic hydroxyl groups is 3. The fourth-order valence-electron chi connectivity index (χ4n) is 9.82. The van der Waals surface area contributed by atoms with Crippen LogP contribution in [0.25, 0.3) is 0 Å². The van der Waals surface area contributed by atoms with Crippen LogP contribution in [0.5, 0.6) is 0 Å². The molecule has 4 saturated carbocycles. The quantitative estimate of drug-likeness (QED) is 0.213. The van der Waals surface area contributed by atoms with E-state index >= 15 is 0 Å². The zero-order chi connectivity index (χ0) is 27.5. The first-order chi connectivity index (χ1) is 18.1. The molecule has 4 aliphatic carbocycles. The maximum absolute atomic E-state index is 12.5. The Bertz CT molecular complexity index is 782. The highest BCUT2D eigenvalue weighted by atomic mass is 16.3. The standard InChI is InChI=1S/C31H57N3O4/c1-20(7-10-26(36)34-18-6-17-33-16-5-4-15-32)22-8-9-23-27-24(12-14-30(22,23)2)31(3)13-11-21(35)19-25(31)28(37)29(27)38/h20-25,27-29,33,35,37-38H,4-19,32H2,1-3H3,(H,34,36)/t20-,21-,22-,23+,24+,25+,27+,28+,29+,30-,31-/m0/s1. The summed E-state index contributed by atoms with van der Waals surface area (Å²) in [4.78, 5) is 12.5. The molecule has 0 aromatic carbocycles. The predicted octanol–water partition coefficient (Wildman–Crippen LogP) is 3.20. The Balaban J connectivity index is 1.28. The molecule has 11 atom stereocenters. The van der Waals surface area contributed by atoms with Crippen LogP contribution >= 0.6 is 0 Å². The van der Waals surface area contributed by atoms with Crippen LogP contribution < -0.4 is 16.4 Å². The van der Waals surface area contributed by atoms with E-state index in [0.29, 0.717) is 36.5 Å². The number of rotatable bonds is 12. The molecule has 0 heterocycles. The van der Waals surface area contributed by atoms with Crippen molar-refractivity contribution in [3.8, 4) is 0 Å². The molecule has 220 valence electrons. The second kappa shape index (κ2) is 12.8. The number of nitrogens with one attached hydrogen (secondary N) is 2. The van der Waals surface area contributed by atoms with Crippen LogP contribution in [-0.4, -0.2) is 65.7 Å². The third kappa shape index (κ3) is 5.97. The van der Waals surface area contributed by atoms with Crippen molar-refractivity contribution in [2.24, 2.45) is 52.1 Å². The zero-order valence-electron chi connectivity index (χ0n) is 24.3. The summed E-state index contributed by atoms with van der Waals surface area (Å²) in [7, 11) is 0. The van der Waals surface area contributed by atoms with Gasteiger partial charge in [-0.15, -0.1) is 0 Å². The van der Waals surface area contributed by atoms with E-state index in [0.717, 1.165) is 84.0 Å². The Morgan fingerprint density at radius 3 is 2.37 bits per heavy atom. The molecule has 4 rings (SSSR count). The van der Waals surface area contributed by atoms with Crippen LogP contribution in [0.15, 0.2) is 0 Å². The maximum atomic E-state index is 12.5. The zero-order valence-corrected chi connectivity index (χ0v) is 24.3. The van der Waals surface area contributed by atoms with Crippen LogP contribution in [0, 0.1) is 46.3 Å². The van der Waals surface area contributed by atoms with E-state index in [9.17, 15) is 20.1 Å². The summed E-state index contributed by atoms with van der Waals surface area (Å²) < 4.78 is 0. The minimum absolute atomic E-state index is 0.00561. The summed E-state index contributed by atoms with van der Waals surface area (Å²) >= 11 is 0. The van der Waals surface area contributed by atoms with Crippen LogP contribution in [-0.2, 0) is 4.79 Å². The van der Waals surface area contributed by atoms with Crippen LogP contribution in [0.4, 0.5) is 0 Å². The Morgan fingerprint density at radius 1 is 0.895 bits per heavy atom. The molecule has 0 aromatic heterocycles. The van der Waals surface area contributed by atoms with Gasteiger partial charge in [-0.3, -0.25) is 4.79 Å². The number of aliphatic hydroxyl groups excluding tert-OH is 3. The van der Waals surface area contributed by atoms with Crippen molar-refractivity contribution in [1.29, 1.82) is 0 Å². The molecule has 4 fully saturated rings. The molecular formula is C31H57N3O4. The normalized spacial score (nSPS) is 43.1. The average molecular weight is 536 g/mol. The first kappa shape index (κ1) is 30.2. The largest absolute Gasteiger partial charge is 0.393 e. The van der Waals surface area contributed by atoms with Crippen molar-refractivity contribution < 1.29 is 20.1 Å². The predicted molar refractivity (Wildman–Crippen MR) is 151 cm³/mol. The highest BCUT2D eigenvalue weighted by molar-refractivity contribution is 5.75. The molecule has 0 spiro atoms. The molecule has 0 unspecified atom stereocenters. The highest BCUT2D eigenvalue weighted by Gasteiger charge is 2.65. The smallest absolute Gasteiger partial charge is 0.220 e. The van der Waals surface area contributed by atoms with E-state index < -0.39 is 12.2 Å². The van der Waals surface area contributed by atoms with E-state index in [1.807, 2.05) is 0 Å². The van der Waals surface area contributed by atoms with Crippen molar-refractivity contribution in [1.82, 2.24) is 10.6 Å². The lowest BCUT2D eigenvalue weighted by atomic mass is 9.43. The molecule has 0 saturated heterocycles. The minimum Gasteiger partial charge on any atom is -0.393 e. The van der Waals surface area contributed by atoms with Crippen LogP contribution in [0.2, 0.25) is 0 Å². The third-order valence-electron chi connectivity index (χ3n) is 12.0. The van der Waals surface area contributed by atoms with Crippen molar-refractivity contribution in [3.05, 3.63) is 0 Å². The van der Waals surface area contributed by atoms with Crippen molar-refractivity contribution in [2.75, 3.05) is 26.2 Å². The van der Waals surface area contributed by atoms with Crippen LogP contribution in [0.3, 0.4) is 0 Å². The van der Waals surface area contributed by atoms with Crippen molar-refractivity contribution in [2.45, 2.75) is 116 Å². The number of hydrogen-bond donors (Lipinski definition) is 6. The number of carbonyl (C=O) groups is 1. The first-order valence-electron chi connectivity index (χ1n) is 15.8. The second-order valence-electron chi connectivity index (χ2n) is 14.0. The number of hydrogen-bond acceptors (Lipinski definition) is 6. The average Bonchev–Trinajstić information content (AvgIpc) is 3.25. The Morgan fingerprint density at radius 2 is 1.61 bits per heavy atom. The van der Waals surface area contributed by atoms with Gasteiger partial charge in [0, 0.05) is 13.0 Å². The fraction of sp³-hybridized carbons (Fsp3) is 0.968. The van der Waals surface area contributed by atoms with Gasteiger partial charge in [0.05, 0.1) is 18.3 Å². The Kier molecular flexibility index (Phi) is 10.2. The molecule has 0 bridgehead atoms. The van der Waals surface area contributed by atoms with Crippen molar-refractivity contribution >= 4 is 5.91 Å². The van der Waals surface area contributed by atoms with Gasteiger partial charge in [0.25, 0.3) is 0 Å². The van der Waals surface area contributed by atoms with Gasteiger partial charge < -0.3 is 31.7 Å². The summed E-state index contributed by atoms with van der Waals surface area (Å²) in [6.07, 6.45) is 9.75. The van der Waals surface area contributed by atoms with E-state index in [1.165, 1.54) is 6.42 Å². The van der Waals surface area contributed by atoms with Crippen LogP contribution in [0.1, 0.15) is 97.8 Å². The van der Waals surface area contributed by atoms with Gasteiger partial charge in [-0.1, -0.05) is 20.8 Å². The molecule has 0 radical (unpaired) electrons. The molecular weight excluding hydrogens is 478 g/mol. The molecule has 4 aliphatic rings.